The van der Waals surface area contributed by atoms with Gasteiger partial charge in [-0.25, -0.2) is 0 Å². The summed E-state index contributed by atoms with van der Waals surface area (Å²) in [6, 6.07) is 15.8. The van der Waals surface area contributed by atoms with E-state index in [-0.39, 0.29) is 12.0 Å². The normalized spacial score (nSPS) is 11.6. The second-order valence-corrected chi connectivity index (χ2v) is 5.61. The van der Waals surface area contributed by atoms with Crippen LogP contribution in [0.15, 0.2) is 59.6 Å². The van der Waals surface area contributed by atoms with Crippen LogP contribution < -0.4 is 5.49 Å². The van der Waals surface area contributed by atoms with Crippen molar-refractivity contribution in [2.75, 3.05) is 6.54 Å². The van der Waals surface area contributed by atoms with E-state index in [1.807, 2.05) is 12.1 Å². The van der Waals surface area contributed by atoms with Crippen LogP contribution in [0, 0.1) is 10.1 Å². The molecule has 0 radical (unpaired) electrons. The Balaban J connectivity index is 1.92. The van der Waals surface area contributed by atoms with Crippen molar-refractivity contribution in [2.45, 2.75) is 6.42 Å². The molecule has 3 rings (SSSR count). The van der Waals surface area contributed by atoms with Crippen molar-refractivity contribution < 1.29 is 10.1 Å². The average molecular weight is 360 g/mol. The first-order valence-corrected chi connectivity index (χ1v) is 7.80. The minimum atomic E-state index is -0.673. The number of hydrogen-bond donors (Lipinski definition) is 1. The highest BCUT2D eigenvalue weighted by Crippen LogP contribution is 2.10. The minimum absolute atomic E-state index is 0.206. The monoisotopic (exact) mass is 359 g/mol. The first kappa shape index (κ1) is 16.7. The zero-order chi connectivity index (χ0) is 17.8. The molecule has 0 spiro atoms. The quantitative estimate of drug-likeness (QED) is 0.430. The highest BCUT2D eigenvalue weighted by atomic mass is 35.5. The number of nitrogens with zero attached hydrogens (tertiary/aromatic N) is 5. The molecule has 1 heterocycles. The van der Waals surface area contributed by atoms with Gasteiger partial charge in [0.05, 0.1) is 5.10 Å². The van der Waals surface area contributed by atoms with Crippen molar-refractivity contribution >= 4 is 17.4 Å². The fourth-order valence-electron chi connectivity index (χ4n) is 2.28. The summed E-state index contributed by atoms with van der Waals surface area (Å²) in [5.41, 5.74) is 1.26. The first-order valence-electron chi connectivity index (χ1n) is 7.42. The van der Waals surface area contributed by atoms with E-state index in [2.05, 4.69) is 10.1 Å². The maximum Gasteiger partial charge on any atom is 0.438 e. The summed E-state index contributed by atoms with van der Waals surface area (Å²) in [6.45, 7) is 0.253. The van der Waals surface area contributed by atoms with Crippen molar-refractivity contribution in [1.29, 1.82) is 0 Å². The van der Waals surface area contributed by atoms with Gasteiger partial charge in [-0.3, -0.25) is 4.99 Å². The number of benzene rings is 2. The van der Waals surface area contributed by atoms with Gasteiger partial charge in [-0.1, -0.05) is 46.8 Å². The predicted molar refractivity (Wildman–Crippen MR) is 91.0 cm³/mol. The van der Waals surface area contributed by atoms with Crippen LogP contribution in [-0.4, -0.2) is 31.4 Å². The van der Waals surface area contributed by atoms with Crippen molar-refractivity contribution in [3.63, 3.8) is 0 Å². The molecule has 0 bridgehead atoms. The van der Waals surface area contributed by atoms with Gasteiger partial charge >= 0.3 is 5.82 Å². The summed E-state index contributed by atoms with van der Waals surface area (Å²) >= 11 is 5.83. The van der Waals surface area contributed by atoms with Crippen LogP contribution in [0.3, 0.4) is 0 Å². The molecule has 0 aliphatic carbocycles. The zero-order valence-corrected chi connectivity index (χ0v) is 13.7. The molecule has 0 saturated carbocycles. The highest BCUT2D eigenvalue weighted by molar-refractivity contribution is 6.30. The summed E-state index contributed by atoms with van der Waals surface area (Å²) in [6.07, 6.45) is 0.546. The number of para-hydroxylation sites is 1. The molecule has 128 valence electrons. The van der Waals surface area contributed by atoms with E-state index >= 15 is 0 Å². The Kier molecular flexibility index (Phi) is 4.80. The van der Waals surface area contributed by atoms with Crippen LogP contribution in [0.2, 0.25) is 5.02 Å². The number of hydrogen-bond acceptors (Lipinski definition) is 5. The van der Waals surface area contributed by atoms with Crippen LogP contribution in [-0.2, 0) is 6.42 Å². The van der Waals surface area contributed by atoms with Gasteiger partial charge in [-0.15, -0.1) is 0 Å². The number of rotatable bonds is 5. The topological polar surface area (TPSA) is 98.5 Å². The van der Waals surface area contributed by atoms with Crippen molar-refractivity contribution in [3.8, 4) is 5.69 Å². The van der Waals surface area contributed by atoms with Gasteiger partial charge in [0.15, 0.2) is 0 Å². The van der Waals surface area contributed by atoms with E-state index in [1.54, 1.807) is 42.5 Å². The Hall–Kier alpha value is -3.13. The van der Waals surface area contributed by atoms with E-state index in [9.17, 15) is 15.3 Å². The van der Waals surface area contributed by atoms with Gasteiger partial charge in [0, 0.05) is 11.6 Å². The SMILES string of the molecule is O=[N+]([O-])c1nn(-c2ccccc2)n(O)c1=NCCc1ccc(Cl)cc1. The van der Waals surface area contributed by atoms with E-state index in [1.165, 1.54) is 0 Å². The number of nitro groups is 1. The molecule has 25 heavy (non-hydrogen) atoms. The van der Waals surface area contributed by atoms with Crippen LogP contribution in [0.25, 0.3) is 5.69 Å². The number of aromatic nitrogens is 3. The van der Waals surface area contributed by atoms with E-state index in [0.717, 1.165) is 10.4 Å². The molecule has 0 aliphatic heterocycles. The summed E-state index contributed by atoms with van der Waals surface area (Å²) in [5, 5.41) is 25.9. The molecular weight excluding hydrogens is 346 g/mol. The highest BCUT2D eigenvalue weighted by Gasteiger charge is 2.23. The summed E-state index contributed by atoms with van der Waals surface area (Å²) in [7, 11) is 0. The third-order valence-electron chi connectivity index (χ3n) is 3.49. The fraction of sp³-hybridized carbons (Fsp3) is 0.125. The van der Waals surface area contributed by atoms with Crippen LogP contribution in [0.4, 0.5) is 5.82 Å². The largest absolute Gasteiger partial charge is 0.438 e. The van der Waals surface area contributed by atoms with Crippen molar-refractivity contribution in [1.82, 2.24) is 14.7 Å². The summed E-state index contributed by atoms with van der Waals surface area (Å²) in [4.78, 5) is 16.3. The third kappa shape index (κ3) is 3.69. The summed E-state index contributed by atoms with van der Waals surface area (Å²) in [5.74, 6) is -0.512. The van der Waals surface area contributed by atoms with Crippen LogP contribution in [0.1, 0.15) is 5.56 Å². The second-order valence-electron chi connectivity index (χ2n) is 5.18. The first-order chi connectivity index (χ1) is 12.1. The zero-order valence-electron chi connectivity index (χ0n) is 13.0. The van der Waals surface area contributed by atoms with Crippen LogP contribution in [0.5, 0.6) is 0 Å². The molecule has 0 amide bonds. The van der Waals surface area contributed by atoms with E-state index in [4.69, 9.17) is 11.6 Å². The van der Waals surface area contributed by atoms with E-state index in [0.29, 0.717) is 22.0 Å². The standard InChI is InChI=1S/C16H14ClN5O3/c17-13-8-6-12(7-9-13)10-11-18-15-16(22(24)25)19-20(21(15)23)14-4-2-1-3-5-14/h1-9,23H,10-11H2. The van der Waals surface area contributed by atoms with Gasteiger partial charge in [0.1, 0.15) is 5.69 Å². The Bertz CT molecular complexity index is 948. The maximum atomic E-state index is 11.2. The lowest BCUT2D eigenvalue weighted by Crippen LogP contribution is -2.22. The Labute approximate surface area is 147 Å². The van der Waals surface area contributed by atoms with Crippen molar-refractivity contribution in [2.24, 2.45) is 4.99 Å². The number of halogens is 1. The molecule has 0 saturated heterocycles. The lowest BCUT2D eigenvalue weighted by atomic mass is 10.1. The molecule has 8 nitrogen and oxygen atoms in total. The average Bonchev–Trinajstić information content (AvgIpc) is 2.95. The molecular formula is C16H14ClN5O3. The Morgan fingerprint density at radius 3 is 2.48 bits per heavy atom. The van der Waals surface area contributed by atoms with Gasteiger partial charge < -0.3 is 15.3 Å². The lowest BCUT2D eigenvalue weighted by molar-refractivity contribution is -0.391. The minimum Gasteiger partial charge on any atom is -0.409 e. The lowest BCUT2D eigenvalue weighted by Gasteiger charge is -1.99. The molecule has 0 fully saturated rings. The van der Waals surface area contributed by atoms with Gasteiger partial charge in [0.2, 0.25) is 0 Å². The molecule has 1 aromatic heterocycles. The second kappa shape index (κ2) is 7.18. The Morgan fingerprint density at radius 1 is 1.16 bits per heavy atom. The molecule has 2 aromatic carbocycles. The molecule has 0 unspecified atom stereocenters. The van der Waals surface area contributed by atoms with Gasteiger partial charge in [-0.2, -0.15) is 0 Å². The third-order valence-corrected chi connectivity index (χ3v) is 3.75. The molecule has 0 atom stereocenters. The molecule has 1 N–H and O–H groups in total. The molecule has 9 heteroatoms. The Morgan fingerprint density at radius 2 is 1.84 bits per heavy atom. The maximum absolute atomic E-state index is 11.2. The molecule has 0 aliphatic rings. The summed E-state index contributed by atoms with van der Waals surface area (Å²) < 4.78 is 0. The van der Waals surface area contributed by atoms with Gasteiger partial charge in [0.25, 0.3) is 5.49 Å². The fourth-order valence-corrected chi connectivity index (χ4v) is 2.40. The predicted octanol–water partition coefficient (Wildman–Crippen LogP) is 2.62. The smallest absolute Gasteiger partial charge is 0.409 e. The van der Waals surface area contributed by atoms with Crippen LogP contribution >= 0.6 is 11.6 Å². The van der Waals surface area contributed by atoms with E-state index < -0.39 is 10.7 Å². The van der Waals surface area contributed by atoms with Gasteiger partial charge in [-0.05, 0) is 46.0 Å². The molecule has 3 aromatic rings. The van der Waals surface area contributed by atoms with Crippen molar-refractivity contribution in [3.05, 3.63) is 80.8 Å².